The number of imidazole rings is 1. The Kier molecular flexibility index (Phi) is 4.63. The van der Waals surface area contributed by atoms with Crippen LogP contribution in [0.15, 0.2) is 64.6 Å². The third-order valence-corrected chi connectivity index (χ3v) is 5.22. The van der Waals surface area contributed by atoms with Gasteiger partial charge in [0.1, 0.15) is 5.69 Å². The topological polar surface area (TPSA) is 73.6 Å². The number of H-pyrrole nitrogens is 2. The molecule has 3 N–H and O–H groups in total. The molecule has 2 heterocycles. The quantitative estimate of drug-likeness (QED) is 0.415. The van der Waals surface area contributed by atoms with Crippen LogP contribution < -0.4 is 5.32 Å². The summed E-state index contributed by atoms with van der Waals surface area (Å²) in [6.45, 7) is 0. The van der Waals surface area contributed by atoms with Crippen molar-refractivity contribution in [1.82, 2.24) is 15.0 Å². The fourth-order valence-electron chi connectivity index (χ4n) is 2.52. The molecule has 4 rings (SSSR count). The van der Waals surface area contributed by atoms with Gasteiger partial charge in [0.25, 0.3) is 5.91 Å². The highest BCUT2D eigenvalue weighted by Gasteiger charge is 2.14. The Balaban J connectivity index is 1.68. The van der Waals surface area contributed by atoms with E-state index in [4.69, 9.17) is 23.2 Å². The van der Waals surface area contributed by atoms with Crippen LogP contribution >= 0.6 is 35.0 Å². The number of rotatable bonds is 4. The Morgan fingerprint density at radius 2 is 1.88 bits per heavy atom. The summed E-state index contributed by atoms with van der Waals surface area (Å²) < 4.78 is 0. The van der Waals surface area contributed by atoms with Crippen LogP contribution in [0.5, 0.6) is 0 Å². The number of amides is 1. The first-order valence-electron chi connectivity index (χ1n) is 7.65. The fraction of sp³-hybridized carbons (Fsp3) is 0. The van der Waals surface area contributed by atoms with Crippen molar-refractivity contribution in [2.45, 2.75) is 9.79 Å². The molecule has 2 aromatic carbocycles. The normalized spacial score (nSPS) is 11.0. The van der Waals surface area contributed by atoms with Gasteiger partial charge in [-0.05, 0) is 42.5 Å². The van der Waals surface area contributed by atoms with E-state index in [2.05, 4.69) is 20.3 Å². The van der Waals surface area contributed by atoms with Crippen molar-refractivity contribution in [3.05, 3.63) is 70.6 Å². The van der Waals surface area contributed by atoms with Crippen molar-refractivity contribution in [3.63, 3.8) is 0 Å². The van der Waals surface area contributed by atoms with Crippen LogP contribution in [-0.4, -0.2) is 20.9 Å². The summed E-state index contributed by atoms with van der Waals surface area (Å²) in [5.74, 6) is 0.108. The number of nitrogens with zero attached hydrogens (tertiary/aromatic N) is 1. The maximum absolute atomic E-state index is 12.4. The van der Waals surface area contributed by atoms with Gasteiger partial charge in [-0.3, -0.25) is 10.1 Å². The highest BCUT2D eigenvalue weighted by atomic mass is 35.5. The molecule has 0 aliphatic rings. The number of benzene rings is 2. The number of hydrogen-bond acceptors (Lipinski definition) is 3. The van der Waals surface area contributed by atoms with Crippen molar-refractivity contribution in [2.75, 3.05) is 5.32 Å². The number of hydrogen-bond donors (Lipinski definition) is 3. The van der Waals surface area contributed by atoms with Gasteiger partial charge in [-0.15, -0.1) is 0 Å². The molecule has 0 saturated heterocycles. The molecule has 5 nitrogen and oxygen atoms in total. The zero-order chi connectivity index (χ0) is 18.1. The van der Waals surface area contributed by atoms with Gasteiger partial charge >= 0.3 is 0 Å². The molecular weight excluding hydrogens is 391 g/mol. The second kappa shape index (κ2) is 7.07. The van der Waals surface area contributed by atoms with Crippen molar-refractivity contribution >= 4 is 57.7 Å². The number of anilines is 1. The number of aromatic amines is 2. The summed E-state index contributed by atoms with van der Waals surface area (Å²) in [6.07, 6.45) is 3.21. The third kappa shape index (κ3) is 3.58. The lowest BCUT2D eigenvalue weighted by Gasteiger charge is -2.04. The zero-order valence-corrected chi connectivity index (χ0v) is 15.5. The van der Waals surface area contributed by atoms with Gasteiger partial charge in [0.2, 0.25) is 5.95 Å². The summed E-state index contributed by atoms with van der Waals surface area (Å²) in [5.41, 5.74) is 1.22. The van der Waals surface area contributed by atoms with Crippen LogP contribution in [0.1, 0.15) is 10.5 Å². The first-order chi connectivity index (χ1) is 12.6. The molecule has 0 spiro atoms. The van der Waals surface area contributed by atoms with Crippen LogP contribution in [-0.2, 0) is 0 Å². The third-order valence-electron chi connectivity index (χ3n) is 3.68. The minimum Gasteiger partial charge on any atom is -0.350 e. The summed E-state index contributed by atoms with van der Waals surface area (Å²) in [6, 6.07) is 13.0. The summed E-state index contributed by atoms with van der Waals surface area (Å²) >= 11 is 13.8. The van der Waals surface area contributed by atoms with Crippen LogP contribution in [0.2, 0.25) is 10.0 Å². The van der Waals surface area contributed by atoms with Gasteiger partial charge in [0.15, 0.2) is 0 Å². The molecule has 2 aromatic heterocycles. The number of aromatic nitrogens is 3. The Labute approximate surface area is 163 Å². The molecule has 0 saturated carbocycles. The van der Waals surface area contributed by atoms with Gasteiger partial charge in [-0.1, -0.05) is 35.0 Å². The predicted molar refractivity (Wildman–Crippen MR) is 105 cm³/mol. The molecule has 0 unspecified atom stereocenters. The lowest BCUT2D eigenvalue weighted by atomic mass is 10.2. The van der Waals surface area contributed by atoms with Crippen LogP contribution in [0.3, 0.4) is 0 Å². The van der Waals surface area contributed by atoms with E-state index in [-0.39, 0.29) is 5.91 Å². The molecular formula is C18H12Cl2N4OS. The lowest BCUT2D eigenvalue weighted by Crippen LogP contribution is -2.13. The first-order valence-corrected chi connectivity index (χ1v) is 9.22. The van der Waals surface area contributed by atoms with Crippen LogP contribution in [0.25, 0.3) is 10.9 Å². The van der Waals surface area contributed by atoms with E-state index in [1.807, 2.05) is 36.4 Å². The molecule has 0 aliphatic heterocycles. The Morgan fingerprint density at radius 3 is 2.62 bits per heavy atom. The smallest absolute Gasteiger partial charge is 0.274 e. The summed E-state index contributed by atoms with van der Waals surface area (Å²) in [5, 5.41) is 4.89. The SMILES string of the molecule is O=C(Nc1ncc[nH]1)c1cc2c(Sc3ccc(Cl)cc3)cc(Cl)cc2[nH]1. The number of halogens is 2. The molecule has 8 heteroatoms. The van der Waals surface area contributed by atoms with Crippen molar-refractivity contribution in [1.29, 1.82) is 0 Å². The summed E-state index contributed by atoms with van der Waals surface area (Å²) in [7, 11) is 0. The highest BCUT2D eigenvalue weighted by molar-refractivity contribution is 7.99. The molecule has 0 radical (unpaired) electrons. The average Bonchev–Trinajstić information content (AvgIpc) is 3.26. The molecule has 26 heavy (non-hydrogen) atoms. The Hall–Kier alpha value is -2.41. The van der Waals surface area contributed by atoms with E-state index in [1.165, 1.54) is 0 Å². The van der Waals surface area contributed by atoms with Crippen molar-refractivity contribution in [3.8, 4) is 0 Å². The highest BCUT2D eigenvalue weighted by Crippen LogP contribution is 2.36. The van der Waals surface area contributed by atoms with E-state index in [0.29, 0.717) is 21.7 Å². The standard InChI is InChI=1S/C18H12Cl2N4OS/c19-10-1-3-12(4-2-10)26-16-8-11(20)7-14-13(16)9-15(23-14)17(25)24-18-21-5-6-22-18/h1-9,23H,(H2,21,22,24,25). The van der Waals surface area contributed by atoms with Crippen LogP contribution in [0, 0.1) is 0 Å². The van der Waals surface area contributed by atoms with Gasteiger partial charge in [0, 0.05) is 43.1 Å². The van der Waals surface area contributed by atoms with Gasteiger partial charge in [0.05, 0.1) is 0 Å². The number of carbonyl (C=O) groups is 1. The minimum atomic E-state index is -0.283. The second-order valence-electron chi connectivity index (χ2n) is 5.50. The largest absolute Gasteiger partial charge is 0.350 e. The fourth-order valence-corrected chi connectivity index (χ4v) is 3.92. The Bertz CT molecular complexity index is 1070. The molecule has 0 aliphatic carbocycles. The van der Waals surface area contributed by atoms with E-state index >= 15 is 0 Å². The van der Waals surface area contributed by atoms with E-state index in [1.54, 1.807) is 30.2 Å². The van der Waals surface area contributed by atoms with E-state index < -0.39 is 0 Å². The minimum absolute atomic E-state index is 0.283. The average molecular weight is 403 g/mol. The number of fused-ring (bicyclic) bond motifs is 1. The predicted octanol–water partition coefficient (Wildman–Crippen LogP) is 5.60. The maximum Gasteiger partial charge on any atom is 0.274 e. The van der Waals surface area contributed by atoms with Gasteiger partial charge < -0.3 is 9.97 Å². The van der Waals surface area contributed by atoms with E-state index in [0.717, 1.165) is 20.7 Å². The second-order valence-corrected chi connectivity index (χ2v) is 7.48. The van der Waals surface area contributed by atoms with Gasteiger partial charge in [-0.2, -0.15) is 0 Å². The van der Waals surface area contributed by atoms with Crippen molar-refractivity contribution in [2.24, 2.45) is 0 Å². The number of nitrogens with one attached hydrogen (secondary N) is 3. The Morgan fingerprint density at radius 1 is 1.08 bits per heavy atom. The molecule has 130 valence electrons. The number of carbonyl (C=O) groups excluding carboxylic acids is 1. The maximum atomic E-state index is 12.4. The lowest BCUT2D eigenvalue weighted by molar-refractivity contribution is 0.102. The molecule has 1 amide bonds. The molecule has 4 aromatic rings. The summed E-state index contributed by atoms with van der Waals surface area (Å²) in [4.78, 5) is 24.3. The van der Waals surface area contributed by atoms with Gasteiger partial charge in [-0.25, -0.2) is 4.98 Å². The van der Waals surface area contributed by atoms with Crippen LogP contribution in [0.4, 0.5) is 5.95 Å². The zero-order valence-electron chi connectivity index (χ0n) is 13.2. The molecule has 0 bridgehead atoms. The molecule has 0 fully saturated rings. The molecule has 0 atom stereocenters. The van der Waals surface area contributed by atoms with Crippen molar-refractivity contribution < 1.29 is 4.79 Å². The van der Waals surface area contributed by atoms with E-state index in [9.17, 15) is 4.79 Å². The monoisotopic (exact) mass is 402 g/mol. The first kappa shape index (κ1) is 17.0.